The first kappa shape index (κ1) is 16.5. The van der Waals surface area contributed by atoms with E-state index in [9.17, 15) is 9.59 Å². The van der Waals surface area contributed by atoms with E-state index in [4.69, 9.17) is 4.42 Å². The zero-order valence-corrected chi connectivity index (χ0v) is 13.8. The van der Waals surface area contributed by atoms with E-state index in [-0.39, 0.29) is 24.1 Å². The summed E-state index contributed by atoms with van der Waals surface area (Å²) in [7, 11) is 0. The molecule has 1 saturated heterocycles. The Kier molecular flexibility index (Phi) is 5.14. The number of carbonyl (C=O) groups is 1. The number of rotatable bonds is 6. The number of furan rings is 1. The van der Waals surface area contributed by atoms with Gasteiger partial charge in [0, 0.05) is 12.5 Å². The molecule has 1 aliphatic heterocycles. The highest BCUT2D eigenvalue weighted by atomic mass is 16.3. The SMILES string of the molecule is CCn1c(C2CCNCC2)nn(CC(=O)NCc2ccco2)c1=O. The molecule has 0 bridgehead atoms. The largest absolute Gasteiger partial charge is 0.467 e. The van der Waals surface area contributed by atoms with E-state index < -0.39 is 0 Å². The van der Waals surface area contributed by atoms with Crippen LogP contribution in [0.4, 0.5) is 0 Å². The van der Waals surface area contributed by atoms with Gasteiger partial charge in [-0.05, 0) is 45.0 Å². The van der Waals surface area contributed by atoms with E-state index in [0.717, 1.165) is 31.8 Å². The Labute approximate surface area is 139 Å². The maximum absolute atomic E-state index is 12.5. The van der Waals surface area contributed by atoms with Crippen molar-refractivity contribution in [3.63, 3.8) is 0 Å². The van der Waals surface area contributed by atoms with E-state index in [2.05, 4.69) is 15.7 Å². The summed E-state index contributed by atoms with van der Waals surface area (Å²) in [5.74, 6) is 1.48. The maximum Gasteiger partial charge on any atom is 0.346 e. The summed E-state index contributed by atoms with van der Waals surface area (Å²) in [6.45, 7) is 4.57. The monoisotopic (exact) mass is 333 g/mol. The average molecular weight is 333 g/mol. The van der Waals surface area contributed by atoms with Gasteiger partial charge < -0.3 is 15.1 Å². The van der Waals surface area contributed by atoms with Gasteiger partial charge in [-0.2, -0.15) is 5.10 Å². The molecule has 2 N–H and O–H groups in total. The quantitative estimate of drug-likeness (QED) is 0.800. The van der Waals surface area contributed by atoms with Crippen LogP contribution in [0.25, 0.3) is 0 Å². The molecule has 1 fully saturated rings. The van der Waals surface area contributed by atoms with Gasteiger partial charge in [0.15, 0.2) is 0 Å². The molecule has 3 rings (SSSR count). The maximum atomic E-state index is 12.5. The van der Waals surface area contributed by atoms with E-state index in [1.165, 1.54) is 4.68 Å². The zero-order chi connectivity index (χ0) is 16.9. The molecule has 0 aliphatic carbocycles. The third-order valence-corrected chi connectivity index (χ3v) is 4.31. The van der Waals surface area contributed by atoms with Crippen LogP contribution in [0, 0.1) is 0 Å². The van der Waals surface area contributed by atoms with E-state index >= 15 is 0 Å². The number of hydrogen-bond donors (Lipinski definition) is 2. The molecule has 8 nitrogen and oxygen atoms in total. The fourth-order valence-electron chi connectivity index (χ4n) is 3.03. The lowest BCUT2D eigenvalue weighted by Gasteiger charge is -2.21. The van der Waals surface area contributed by atoms with Crippen molar-refractivity contribution in [3.8, 4) is 0 Å². The molecular formula is C16H23N5O3. The van der Waals surface area contributed by atoms with E-state index in [1.807, 2.05) is 6.92 Å². The molecule has 0 atom stereocenters. The van der Waals surface area contributed by atoms with Crippen LogP contribution < -0.4 is 16.3 Å². The highest BCUT2D eigenvalue weighted by molar-refractivity contribution is 5.75. The fraction of sp³-hybridized carbons (Fsp3) is 0.562. The Morgan fingerprint density at radius 3 is 2.92 bits per heavy atom. The van der Waals surface area contributed by atoms with Crippen molar-refractivity contribution in [2.24, 2.45) is 0 Å². The van der Waals surface area contributed by atoms with Gasteiger partial charge >= 0.3 is 5.69 Å². The molecule has 0 aromatic carbocycles. The van der Waals surface area contributed by atoms with Gasteiger partial charge in [-0.25, -0.2) is 9.48 Å². The first-order valence-electron chi connectivity index (χ1n) is 8.36. The van der Waals surface area contributed by atoms with Gasteiger partial charge in [-0.1, -0.05) is 0 Å². The number of piperidine rings is 1. The molecule has 3 heterocycles. The lowest BCUT2D eigenvalue weighted by molar-refractivity contribution is -0.122. The normalized spacial score (nSPS) is 15.5. The van der Waals surface area contributed by atoms with Crippen molar-refractivity contribution in [1.82, 2.24) is 25.0 Å². The highest BCUT2D eigenvalue weighted by Gasteiger charge is 2.23. The average Bonchev–Trinajstić information content (AvgIpc) is 3.22. The van der Waals surface area contributed by atoms with Gasteiger partial charge in [0.2, 0.25) is 5.91 Å². The highest BCUT2D eigenvalue weighted by Crippen LogP contribution is 2.22. The lowest BCUT2D eigenvalue weighted by Crippen LogP contribution is -2.33. The summed E-state index contributed by atoms with van der Waals surface area (Å²) >= 11 is 0. The van der Waals surface area contributed by atoms with Crippen LogP contribution in [0.2, 0.25) is 0 Å². The lowest BCUT2D eigenvalue weighted by atomic mass is 9.97. The fourth-order valence-corrected chi connectivity index (χ4v) is 3.03. The minimum Gasteiger partial charge on any atom is -0.467 e. The minimum atomic E-state index is -0.258. The Balaban J connectivity index is 1.69. The van der Waals surface area contributed by atoms with Gasteiger partial charge in [-0.15, -0.1) is 0 Å². The Morgan fingerprint density at radius 2 is 2.25 bits per heavy atom. The number of aromatic nitrogens is 3. The topological polar surface area (TPSA) is 94.1 Å². The van der Waals surface area contributed by atoms with Gasteiger partial charge in [0.25, 0.3) is 0 Å². The van der Waals surface area contributed by atoms with Crippen LogP contribution in [0.1, 0.15) is 37.3 Å². The summed E-state index contributed by atoms with van der Waals surface area (Å²) < 4.78 is 8.11. The van der Waals surface area contributed by atoms with E-state index in [0.29, 0.717) is 18.8 Å². The van der Waals surface area contributed by atoms with Crippen molar-refractivity contribution >= 4 is 5.91 Å². The second-order valence-corrected chi connectivity index (χ2v) is 5.92. The first-order valence-corrected chi connectivity index (χ1v) is 8.36. The van der Waals surface area contributed by atoms with Crippen molar-refractivity contribution in [1.29, 1.82) is 0 Å². The molecule has 130 valence electrons. The summed E-state index contributed by atoms with van der Waals surface area (Å²) in [6, 6.07) is 3.55. The predicted molar refractivity (Wildman–Crippen MR) is 87.6 cm³/mol. The Morgan fingerprint density at radius 1 is 1.46 bits per heavy atom. The van der Waals surface area contributed by atoms with Gasteiger partial charge in [-0.3, -0.25) is 9.36 Å². The summed E-state index contributed by atoms with van der Waals surface area (Å²) in [5.41, 5.74) is -0.223. The Hall–Kier alpha value is -2.35. The molecule has 0 radical (unpaired) electrons. The molecule has 1 amide bonds. The van der Waals surface area contributed by atoms with Crippen molar-refractivity contribution < 1.29 is 9.21 Å². The number of nitrogens with zero attached hydrogens (tertiary/aromatic N) is 3. The molecule has 0 unspecified atom stereocenters. The van der Waals surface area contributed by atoms with Crippen LogP contribution in [0.5, 0.6) is 0 Å². The van der Waals surface area contributed by atoms with Crippen LogP contribution >= 0.6 is 0 Å². The smallest absolute Gasteiger partial charge is 0.346 e. The van der Waals surface area contributed by atoms with Crippen LogP contribution in [-0.4, -0.2) is 33.3 Å². The zero-order valence-electron chi connectivity index (χ0n) is 13.8. The molecule has 0 saturated carbocycles. The predicted octanol–water partition coefficient (Wildman–Crippen LogP) is 0.441. The first-order chi connectivity index (χ1) is 11.7. The molecule has 1 aliphatic rings. The van der Waals surface area contributed by atoms with Crippen molar-refractivity contribution in [2.45, 2.75) is 45.3 Å². The van der Waals surface area contributed by atoms with E-state index in [1.54, 1.807) is 23.0 Å². The molecule has 0 spiro atoms. The number of hydrogen-bond acceptors (Lipinski definition) is 5. The Bertz CT molecular complexity index is 725. The van der Waals surface area contributed by atoms with Crippen molar-refractivity contribution in [3.05, 3.63) is 40.5 Å². The second kappa shape index (κ2) is 7.48. The third kappa shape index (κ3) is 3.59. The van der Waals surface area contributed by atoms with Gasteiger partial charge in [0.1, 0.15) is 18.1 Å². The summed E-state index contributed by atoms with van der Waals surface area (Å²) in [5, 5.41) is 10.5. The molecule has 2 aromatic heterocycles. The molecule has 24 heavy (non-hydrogen) atoms. The minimum absolute atomic E-state index is 0.0789. The molecule has 2 aromatic rings. The molecule has 8 heteroatoms. The summed E-state index contributed by atoms with van der Waals surface area (Å²) in [6.07, 6.45) is 3.47. The van der Waals surface area contributed by atoms with Crippen LogP contribution in [0.3, 0.4) is 0 Å². The van der Waals surface area contributed by atoms with Gasteiger partial charge in [0.05, 0.1) is 12.8 Å². The molecular weight excluding hydrogens is 310 g/mol. The van der Waals surface area contributed by atoms with Crippen molar-refractivity contribution in [2.75, 3.05) is 13.1 Å². The number of amides is 1. The van der Waals surface area contributed by atoms with Crippen LogP contribution in [0.15, 0.2) is 27.6 Å². The summed E-state index contributed by atoms with van der Waals surface area (Å²) in [4.78, 5) is 24.6. The number of carbonyl (C=O) groups excluding carboxylic acids is 1. The third-order valence-electron chi connectivity index (χ3n) is 4.31. The number of nitrogens with one attached hydrogen (secondary N) is 2. The van der Waals surface area contributed by atoms with Crippen LogP contribution in [-0.2, 0) is 24.4 Å². The second-order valence-electron chi connectivity index (χ2n) is 5.92. The standard InChI is InChI=1S/C16H23N5O3/c1-2-20-15(12-5-7-17-8-6-12)19-21(16(20)23)11-14(22)18-10-13-4-3-9-24-13/h3-4,9,12,17H,2,5-8,10-11H2,1H3,(H,18,22).